The van der Waals surface area contributed by atoms with E-state index in [1.54, 1.807) is 36.4 Å². The van der Waals surface area contributed by atoms with Gasteiger partial charge in [0.25, 0.3) is 5.91 Å². The number of hydrogen-bond acceptors (Lipinski definition) is 3. The lowest BCUT2D eigenvalue weighted by Gasteiger charge is -2.08. The van der Waals surface area contributed by atoms with Crippen molar-refractivity contribution in [3.05, 3.63) is 64.7 Å². The number of carbonyl (C=O) groups is 3. The molecular formula is C17H16ClN3O3. The van der Waals surface area contributed by atoms with Crippen LogP contribution in [0.2, 0.25) is 5.02 Å². The van der Waals surface area contributed by atoms with E-state index in [9.17, 15) is 14.4 Å². The van der Waals surface area contributed by atoms with Crippen LogP contribution in [-0.4, -0.2) is 24.3 Å². The molecule has 2 aromatic rings. The molecule has 2 aromatic carbocycles. The van der Waals surface area contributed by atoms with Crippen LogP contribution < -0.4 is 16.4 Å². The number of carbonyl (C=O) groups excluding carboxylic acids is 3. The molecule has 2 rings (SSSR count). The van der Waals surface area contributed by atoms with Gasteiger partial charge in [-0.25, -0.2) is 0 Å². The molecule has 0 aliphatic carbocycles. The van der Waals surface area contributed by atoms with E-state index >= 15 is 0 Å². The predicted octanol–water partition coefficient (Wildman–Crippen LogP) is 2.20. The third-order valence-electron chi connectivity index (χ3n) is 3.21. The Balaban J connectivity index is 1.80. The summed E-state index contributed by atoms with van der Waals surface area (Å²) in [4.78, 5) is 34.7. The predicted molar refractivity (Wildman–Crippen MR) is 92.0 cm³/mol. The Kier molecular flexibility index (Phi) is 5.92. The molecule has 0 spiro atoms. The quantitative estimate of drug-likeness (QED) is 0.748. The Morgan fingerprint density at radius 3 is 2.29 bits per heavy atom. The lowest BCUT2D eigenvalue weighted by atomic mass is 10.2. The van der Waals surface area contributed by atoms with Crippen LogP contribution >= 0.6 is 11.6 Å². The topological polar surface area (TPSA) is 101 Å². The average molecular weight is 346 g/mol. The Bertz CT molecular complexity index is 760. The number of halogens is 1. The first-order valence-electron chi connectivity index (χ1n) is 7.20. The summed E-state index contributed by atoms with van der Waals surface area (Å²) in [6.07, 6.45) is 0.105. The monoisotopic (exact) mass is 345 g/mol. The van der Waals surface area contributed by atoms with Crippen molar-refractivity contribution in [3.63, 3.8) is 0 Å². The largest absolute Gasteiger partial charge is 0.366 e. The van der Waals surface area contributed by atoms with Crippen LogP contribution in [0.4, 0.5) is 5.69 Å². The number of anilines is 1. The number of amides is 3. The minimum Gasteiger partial charge on any atom is -0.366 e. The summed E-state index contributed by atoms with van der Waals surface area (Å²) in [6.45, 7) is 0.176. The maximum atomic E-state index is 11.9. The van der Waals surface area contributed by atoms with Gasteiger partial charge < -0.3 is 16.4 Å². The zero-order valence-electron chi connectivity index (χ0n) is 12.7. The van der Waals surface area contributed by atoms with E-state index in [4.69, 9.17) is 17.3 Å². The standard InChI is InChI=1S/C17H16ClN3O3/c18-14-4-2-1-3-13(14)17(24)20-10-9-15(22)21-12-7-5-11(6-8-12)16(19)23/h1-8H,9-10H2,(H2,19,23)(H,20,24)(H,21,22). The minimum absolute atomic E-state index is 0.105. The highest BCUT2D eigenvalue weighted by molar-refractivity contribution is 6.33. The molecule has 0 atom stereocenters. The van der Waals surface area contributed by atoms with E-state index in [1.807, 2.05) is 0 Å². The molecule has 0 saturated carbocycles. The molecule has 0 aliphatic heterocycles. The summed E-state index contributed by atoms with van der Waals surface area (Å²) in [5.74, 6) is -1.13. The van der Waals surface area contributed by atoms with Crippen molar-refractivity contribution >= 4 is 35.0 Å². The van der Waals surface area contributed by atoms with Crippen LogP contribution in [0.3, 0.4) is 0 Å². The molecule has 7 heteroatoms. The first kappa shape index (κ1) is 17.5. The van der Waals surface area contributed by atoms with Gasteiger partial charge >= 0.3 is 0 Å². The van der Waals surface area contributed by atoms with Gasteiger partial charge in [-0.15, -0.1) is 0 Å². The van der Waals surface area contributed by atoms with Gasteiger partial charge in [0.15, 0.2) is 0 Å². The molecule has 24 heavy (non-hydrogen) atoms. The molecule has 4 N–H and O–H groups in total. The zero-order chi connectivity index (χ0) is 17.5. The maximum Gasteiger partial charge on any atom is 0.252 e. The molecule has 0 heterocycles. The van der Waals surface area contributed by atoms with E-state index < -0.39 is 5.91 Å². The first-order chi connectivity index (χ1) is 11.5. The van der Waals surface area contributed by atoms with Crippen molar-refractivity contribution in [2.24, 2.45) is 5.73 Å². The molecule has 0 fully saturated rings. The fraction of sp³-hybridized carbons (Fsp3) is 0.118. The van der Waals surface area contributed by atoms with Crippen LogP contribution in [0.5, 0.6) is 0 Å². The third-order valence-corrected chi connectivity index (χ3v) is 3.54. The number of rotatable bonds is 6. The normalized spacial score (nSPS) is 10.0. The maximum absolute atomic E-state index is 11.9. The molecule has 3 amide bonds. The van der Waals surface area contributed by atoms with Gasteiger partial charge in [-0.1, -0.05) is 23.7 Å². The molecule has 6 nitrogen and oxygen atoms in total. The zero-order valence-corrected chi connectivity index (χ0v) is 13.5. The summed E-state index contributed by atoms with van der Waals surface area (Å²) in [5, 5.41) is 5.66. The molecule has 0 aromatic heterocycles. The smallest absolute Gasteiger partial charge is 0.252 e. The van der Waals surface area contributed by atoms with Crippen LogP contribution in [0.15, 0.2) is 48.5 Å². The van der Waals surface area contributed by atoms with Gasteiger partial charge in [0.1, 0.15) is 0 Å². The molecule has 0 bridgehead atoms. The Morgan fingerprint density at radius 2 is 1.67 bits per heavy atom. The fourth-order valence-corrected chi connectivity index (χ4v) is 2.19. The second-order valence-electron chi connectivity index (χ2n) is 4.98. The Hall–Kier alpha value is -2.86. The van der Waals surface area contributed by atoms with Gasteiger partial charge in [-0.2, -0.15) is 0 Å². The summed E-state index contributed by atoms with van der Waals surface area (Å²) in [6, 6.07) is 12.9. The summed E-state index contributed by atoms with van der Waals surface area (Å²) in [5.41, 5.74) is 6.41. The van der Waals surface area contributed by atoms with E-state index in [1.165, 1.54) is 12.1 Å². The fourth-order valence-electron chi connectivity index (χ4n) is 1.97. The first-order valence-corrected chi connectivity index (χ1v) is 7.57. The molecule has 0 aliphatic rings. The summed E-state index contributed by atoms with van der Waals surface area (Å²) in [7, 11) is 0. The van der Waals surface area contributed by atoms with Crippen LogP contribution in [0.1, 0.15) is 27.1 Å². The Labute approximate surface area is 144 Å². The molecule has 124 valence electrons. The van der Waals surface area contributed by atoms with E-state index in [0.717, 1.165) is 0 Å². The van der Waals surface area contributed by atoms with Crippen molar-refractivity contribution in [2.75, 3.05) is 11.9 Å². The summed E-state index contributed by atoms with van der Waals surface area (Å²) >= 11 is 5.93. The van der Waals surface area contributed by atoms with Crippen LogP contribution in [0, 0.1) is 0 Å². The highest BCUT2D eigenvalue weighted by Crippen LogP contribution is 2.14. The highest BCUT2D eigenvalue weighted by Gasteiger charge is 2.10. The van der Waals surface area contributed by atoms with Crippen molar-refractivity contribution in [1.29, 1.82) is 0 Å². The average Bonchev–Trinajstić information content (AvgIpc) is 2.55. The number of nitrogens with one attached hydrogen (secondary N) is 2. The number of hydrogen-bond donors (Lipinski definition) is 3. The van der Waals surface area contributed by atoms with E-state index in [0.29, 0.717) is 21.8 Å². The number of primary amides is 1. The lowest BCUT2D eigenvalue weighted by Crippen LogP contribution is -2.27. The van der Waals surface area contributed by atoms with Gasteiger partial charge in [0.05, 0.1) is 10.6 Å². The third kappa shape index (κ3) is 4.82. The van der Waals surface area contributed by atoms with Crippen molar-refractivity contribution in [1.82, 2.24) is 5.32 Å². The Morgan fingerprint density at radius 1 is 1.00 bits per heavy atom. The highest BCUT2D eigenvalue weighted by atomic mass is 35.5. The van der Waals surface area contributed by atoms with Crippen molar-refractivity contribution in [3.8, 4) is 0 Å². The lowest BCUT2D eigenvalue weighted by molar-refractivity contribution is -0.116. The molecular weight excluding hydrogens is 330 g/mol. The van der Waals surface area contributed by atoms with Gasteiger partial charge in [-0.3, -0.25) is 14.4 Å². The van der Waals surface area contributed by atoms with Gasteiger partial charge in [0, 0.05) is 24.2 Å². The van der Waals surface area contributed by atoms with Gasteiger partial charge in [0.2, 0.25) is 11.8 Å². The van der Waals surface area contributed by atoms with Crippen LogP contribution in [-0.2, 0) is 4.79 Å². The van der Waals surface area contributed by atoms with E-state index in [-0.39, 0.29) is 24.8 Å². The van der Waals surface area contributed by atoms with Crippen molar-refractivity contribution in [2.45, 2.75) is 6.42 Å². The number of benzene rings is 2. The van der Waals surface area contributed by atoms with E-state index in [2.05, 4.69) is 10.6 Å². The minimum atomic E-state index is -0.532. The second-order valence-corrected chi connectivity index (χ2v) is 5.38. The molecule has 0 radical (unpaired) electrons. The van der Waals surface area contributed by atoms with Gasteiger partial charge in [-0.05, 0) is 36.4 Å². The van der Waals surface area contributed by atoms with Crippen LogP contribution in [0.25, 0.3) is 0 Å². The van der Waals surface area contributed by atoms with Crippen molar-refractivity contribution < 1.29 is 14.4 Å². The number of nitrogens with two attached hydrogens (primary N) is 1. The summed E-state index contributed by atoms with van der Waals surface area (Å²) < 4.78 is 0. The molecule has 0 saturated heterocycles. The molecule has 0 unspecified atom stereocenters. The SMILES string of the molecule is NC(=O)c1ccc(NC(=O)CCNC(=O)c2ccccc2Cl)cc1. The second kappa shape index (κ2) is 8.12.